The van der Waals surface area contributed by atoms with Crippen LogP contribution in [0.25, 0.3) is 0 Å². The fourth-order valence-electron chi connectivity index (χ4n) is 1.06. The van der Waals surface area contributed by atoms with E-state index in [-0.39, 0.29) is 17.0 Å². The second-order valence-electron chi connectivity index (χ2n) is 3.89. The van der Waals surface area contributed by atoms with Crippen molar-refractivity contribution in [3.8, 4) is 0 Å². The largest absolute Gasteiger partial charge is 1.00 e. The van der Waals surface area contributed by atoms with Crippen LogP contribution in [-0.4, -0.2) is 23.1 Å². The smallest absolute Gasteiger partial charge is 0.132 e. The Morgan fingerprint density at radius 1 is 1.27 bits per heavy atom. The normalized spacial score (nSPS) is 14.5. The van der Waals surface area contributed by atoms with Crippen LogP contribution >= 0.6 is 15.9 Å². The molecule has 3 heteroatoms. The lowest BCUT2D eigenvalue weighted by Gasteiger charge is -2.25. The van der Waals surface area contributed by atoms with Crippen molar-refractivity contribution in [1.29, 1.82) is 0 Å². The summed E-state index contributed by atoms with van der Waals surface area (Å²) in [5.74, 6) is 0. The van der Waals surface area contributed by atoms with Crippen molar-refractivity contribution >= 4 is 26.8 Å². The quantitative estimate of drug-likeness (QED) is 0.484. The molecule has 0 heterocycles. The average Bonchev–Trinajstić information content (AvgIpc) is 1.60. The van der Waals surface area contributed by atoms with Crippen LogP contribution < -0.4 is 17.0 Å². The lowest BCUT2D eigenvalue weighted by molar-refractivity contribution is -0.00000281. The minimum atomic E-state index is 0. The Morgan fingerprint density at radius 2 is 1.64 bits per heavy atom. The monoisotopic (exact) mass is 304 g/mol. The molecule has 0 aliphatic rings. The van der Waals surface area contributed by atoms with Gasteiger partial charge in [0.15, 0.2) is 0 Å². The Balaban J connectivity index is 0. The molecule has 0 radical (unpaired) electrons. The van der Waals surface area contributed by atoms with Crippen molar-refractivity contribution in [3.05, 3.63) is 0 Å². The first-order chi connectivity index (χ1) is 4.39. The number of hydrogen-bond acceptors (Lipinski definition) is 0. The van der Waals surface area contributed by atoms with Crippen molar-refractivity contribution < 1.29 is 17.0 Å². The van der Waals surface area contributed by atoms with Crippen LogP contribution in [0, 0.1) is 5.41 Å². The molecular weight excluding hydrogens is 288 g/mol. The van der Waals surface area contributed by atoms with E-state index in [9.17, 15) is 0 Å². The highest BCUT2D eigenvalue weighted by molar-refractivity contribution is 9.09. The number of alkyl halides is 1. The summed E-state index contributed by atoms with van der Waals surface area (Å²) in [6, 6.07) is 0. The van der Waals surface area contributed by atoms with E-state index in [4.69, 9.17) is 0 Å². The summed E-state index contributed by atoms with van der Waals surface area (Å²) in [6.45, 7) is 6.93. The maximum absolute atomic E-state index is 3.56. The van der Waals surface area contributed by atoms with Crippen LogP contribution in [0.4, 0.5) is 0 Å². The van der Waals surface area contributed by atoms with E-state index >= 15 is 0 Å². The lowest BCUT2D eigenvalue weighted by atomic mass is 9.93. The van der Waals surface area contributed by atoms with Crippen molar-refractivity contribution in [2.45, 2.75) is 26.0 Å². The van der Waals surface area contributed by atoms with Gasteiger partial charge in [-0.1, -0.05) is 36.7 Å². The molecule has 0 aromatic rings. The standard InChI is InChI=1S/C8H18BrS.BrH/c1-8(2,3)7(6-9)10(4)5;/h7H,6H2,1-5H3;1H/q+1;/p-1. The van der Waals surface area contributed by atoms with Crippen LogP contribution in [-0.2, 0) is 10.9 Å². The van der Waals surface area contributed by atoms with E-state index in [1.807, 2.05) is 0 Å². The zero-order valence-electron chi connectivity index (χ0n) is 7.95. The van der Waals surface area contributed by atoms with Gasteiger partial charge < -0.3 is 17.0 Å². The third-order valence-corrected chi connectivity index (χ3v) is 4.76. The molecule has 11 heavy (non-hydrogen) atoms. The van der Waals surface area contributed by atoms with Gasteiger partial charge in [0.25, 0.3) is 0 Å². The molecule has 0 aliphatic carbocycles. The van der Waals surface area contributed by atoms with Crippen molar-refractivity contribution in [2.24, 2.45) is 5.41 Å². The molecule has 0 aliphatic heterocycles. The van der Waals surface area contributed by atoms with Crippen LogP contribution in [0.5, 0.6) is 0 Å². The second-order valence-corrected chi connectivity index (χ2v) is 6.86. The summed E-state index contributed by atoms with van der Waals surface area (Å²) in [7, 11) is 0.530. The van der Waals surface area contributed by atoms with E-state index in [1.165, 1.54) is 0 Å². The van der Waals surface area contributed by atoms with Crippen molar-refractivity contribution in [1.82, 2.24) is 0 Å². The fraction of sp³-hybridized carbons (Fsp3) is 1.00. The molecule has 0 bridgehead atoms. The summed E-state index contributed by atoms with van der Waals surface area (Å²) >= 11 is 3.56. The first-order valence-corrected chi connectivity index (χ1v) is 6.74. The highest BCUT2D eigenvalue weighted by atomic mass is 79.9. The third-order valence-electron chi connectivity index (χ3n) is 1.68. The van der Waals surface area contributed by atoms with Gasteiger partial charge in [-0.05, 0) is 10.9 Å². The summed E-state index contributed by atoms with van der Waals surface area (Å²) < 4.78 is 0. The number of hydrogen-bond donors (Lipinski definition) is 0. The molecule has 1 atom stereocenters. The Morgan fingerprint density at radius 3 is 1.64 bits per heavy atom. The van der Waals surface area contributed by atoms with E-state index in [1.54, 1.807) is 0 Å². The van der Waals surface area contributed by atoms with Crippen LogP contribution in [0.15, 0.2) is 0 Å². The molecule has 70 valence electrons. The van der Waals surface area contributed by atoms with E-state index in [0.29, 0.717) is 16.3 Å². The maximum Gasteiger partial charge on any atom is 0.132 e. The zero-order valence-corrected chi connectivity index (χ0v) is 11.9. The maximum atomic E-state index is 3.56. The van der Waals surface area contributed by atoms with E-state index in [0.717, 1.165) is 10.6 Å². The predicted molar refractivity (Wildman–Crippen MR) is 56.3 cm³/mol. The zero-order chi connectivity index (χ0) is 8.36. The minimum absolute atomic E-state index is 0. The first kappa shape index (κ1) is 14.8. The molecule has 0 rings (SSSR count). The van der Waals surface area contributed by atoms with Crippen LogP contribution in [0.1, 0.15) is 20.8 Å². The molecule has 0 aromatic heterocycles. The Kier molecular flexibility index (Phi) is 7.91. The molecule has 1 unspecified atom stereocenters. The van der Waals surface area contributed by atoms with Gasteiger partial charge in [0.1, 0.15) is 5.25 Å². The van der Waals surface area contributed by atoms with Crippen LogP contribution in [0.3, 0.4) is 0 Å². The molecule has 0 N–H and O–H groups in total. The SMILES string of the molecule is C[S+](C)C(CBr)C(C)(C)C.[Br-]. The van der Waals surface area contributed by atoms with Gasteiger partial charge in [0, 0.05) is 5.41 Å². The number of halogens is 2. The first-order valence-electron chi connectivity index (χ1n) is 3.52. The number of rotatable bonds is 2. The van der Waals surface area contributed by atoms with Crippen molar-refractivity contribution in [2.75, 3.05) is 17.8 Å². The van der Waals surface area contributed by atoms with Crippen molar-refractivity contribution in [3.63, 3.8) is 0 Å². The summed E-state index contributed by atoms with van der Waals surface area (Å²) in [5.41, 5.74) is 0.454. The summed E-state index contributed by atoms with van der Waals surface area (Å²) in [6.07, 6.45) is 4.63. The van der Waals surface area contributed by atoms with Gasteiger partial charge in [-0.2, -0.15) is 0 Å². The van der Waals surface area contributed by atoms with Gasteiger partial charge in [0.2, 0.25) is 0 Å². The Labute approximate surface area is 92.8 Å². The van der Waals surface area contributed by atoms with Crippen LogP contribution in [0.2, 0.25) is 0 Å². The Hall–Kier alpha value is 1.31. The molecule has 0 nitrogen and oxygen atoms in total. The highest BCUT2D eigenvalue weighted by Gasteiger charge is 2.33. The molecule has 0 fully saturated rings. The third kappa shape index (κ3) is 5.53. The van der Waals surface area contributed by atoms with Gasteiger partial charge in [-0.15, -0.1) is 0 Å². The lowest BCUT2D eigenvalue weighted by Crippen LogP contribution is -3.00. The molecule has 0 spiro atoms. The molecule has 0 amide bonds. The molecular formula is C8H18Br2S. The van der Waals surface area contributed by atoms with Gasteiger partial charge in [-0.25, -0.2) is 0 Å². The van der Waals surface area contributed by atoms with Gasteiger partial charge in [0.05, 0.1) is 17.8 Å². The summed E-state index contributed by atoms with van der Waals surface area (Å²) in [4.78, 5) is 0. The predicted octanol–water partition coefficient (Wildman–Crippen LogP) is -0.322. The molecule has 0 saturated heterocycles. The topological polar surface area (TPSA) is 0 Å². The minimum Gasteiger partial charge on any atom is -1.00 e. The van der Waals surface area contributed by atoms with Gasteiger partial charge in [-0.3, -0.25) is 0 Å². The van der Waals surface area contributed by atoms with E-state index in [2.05, 4.69) is 49.2 Å². The Bertz CT molecular complexity index is 96.8. The van der Waals surface area contributed by atoms with E-state index < -0.39 is 0 Å². The summed E-state index contributed by atoms with van der Waals surface area (Å²) in [5, 5.41) is 1.94. The fourth-order valence-corrected chi connectivity index (χ4v) is 5.29. The molecule has 0 saturated carbocycles. The highest BCUT2D eigenvalue weighted by Crippen LogP contribution is 2.26. The van der Waals surface area contributed by atoms with Gasteiger partial charge >= 0.3 is 0 Å². The average molecular weight is 306 g/mol. The molecule has 0 aromatic carbocycles. The second kappa shape index (κ2) is 5.87.